The van der Waals surface area contributed by atoms with Crippen molar-refractivity contribution in [3.63, 3.8) is 0 Å². The van der Waals surface area contributed by atoms with Crippen LogP contribution in [0.15, 0.2) is 48.8 Å². The van der Waals surface area contributed by atoms with Crippen molar-refractivity contribution < 1.29 is 32.8 Å². The minimum absolute atomic E-state index is 0.0141. The standard InChI is InChI=1S/C26H31F2N3O5/c1-19-29-5-6-31(19)8-10-35-24-4-3-20(11-25(24)33-2)15-30-7-9-34-17-26(32,16-30)18-36-23-13-21(27)12-22(28)14-23/h3-6,11-14,32H,7-10,15-18H2,1-2H3/t26-/m1/s1. The summed E-state index contributed by atoms with van der Waals surface area (Å²) in [5, 5.41) is 11.1. The van der Waals surface area contributed by atoms with Crippen LogP contribution in [0.25, 0.3) is 0 Å². The molecule has 1 atom stereocenters. The summed E-state index contributed by atoms with van der Waals surface area (Å²) in [6.07, 6.45) is 3.67. The summed E-state index contributed by atoms with van der Waals surface area (Å²) in [4.78, 5) is 6.25. The molecule has 10 heteroatoms. The highest BCUT2D eigenvalue weighted by Crippen LogP contribution is 2.29. The molecule has 0 saturated carbocycles. The number of β-amino-alcohol motifs (C(OH)–C–C–N with tert-alkyl or cyclic N) is 1. The Morgan fingerprint density at radius 2 is 1.92 bits per heavy atom. The van der Waals surface area contributed by atoms with Crippen molar-refractivity contribution >= 4 is 0 Å². The maximum absolute atomic E-state index is 13.5. The zero-order valence-corrected chi connectivity index (χ0v) is 20.5. The first kappa shape index (κ1) is 25.9. The molecule has 1 fully saturated rings. The van der Waals surface area contributed by atoms with Crippen LogP contribution in [0.4, 0.5) is 8.78 Å². The number of aromatic nitrogens is 2. The summed E-state index contributed by atoms with van der Waals surface area (Å²) in [6.45, 7) is 4.79. The third-order valence-electron chi connectivity index (χ3n) is 5.93. The number of aryl methyl sites for hydroxylation is 1. The van der Waals surface area contributed by atoms with E-state index in [1.165, 1.54) is 0 Å². The first-order chi connectivity index (χ1) is 17.3. The van der Waals surface area contributed by atoms with Gasteiger partial charge in [0.2, 0.25) is 0 Å². The molecule has 0 unspecified atom stereocenters. The van der Waals surface area contributed by atoms with Crippen molar-refractivity contribution in [3.8, 4) is 17.2 Å². The van der Waals surface area contributed by atoms with Crippen LogP contribution in [0.5, 0.6) is 17.2 Å². The second-order valence-corrected chi connectivity index (χ2v) is 8.88. The SMILES string of the molecule is COc1cc(CN2CCOC[C@@](O)(COc3cc(F)cc(F)c3)C2)ccc1OCCn1ccnc1C. The molecule has 3 aromatic rings. The monoisotopic (exact) mass is 503 g/mol. The lowest BCUT2D eigenvalue weighted by molar-refractivity contribution is -0.0647. The van der Waals surface area contributed by atoms with Crippen LogP contribution < -0.4 is 14.2 Å². The molecule has 0 bridgehead atoms. The molecule has 2 aromatic carbocycles. The largest absolute Gasteiger partial charge is 0.493 e. The summed E-state index contributed by atoms with van der Waals surface area (Å²) in [7, 11) is 1.59. The van der Waals surface area contributed by atoms with Gasteiger partial charge < -0.3 is 28.6 Å². The predicted octanol–water partition coefficient (Wildman–Crippen LogP) is 3.20. The topological polar surface area (TPSA) is 78.2 Å². The van der Waals surface area contributed by atoms with E-state index in [2.05, 4.69) is 4.98 Å². The molecule has 1 saturated heterocycles. The molecule has 0 amide bonds. The molecule has 1 aromatic heterocycles. The molecule has 194 valence electrons. The third-order valence-corrected chi connectivity index (χ3v) is 5.93. The molecule has 8 nitrogen and oxygen atoms in total. The van der Waals surface area contributed by atoms with E-state index in [4.69, 9.17) is 18.9 Å². The Bertz CT molecular complexity index is 1140. The van der Waals surface area contributed by atoms with E-state index in [1.54, 1.807) is 13.3 Å². The van der Waals surface area contributed by atoms with Crippen molar-refractivity contribution in [2.24, 2.45) is 0 Å². The van der Waals surface area contributed by atoms with Crippen LogP contribution in [-0.4, -0.2) is 71.8 Å². The molecule has 36 heavy (non-hydrogen) atoms. The van der Waals surface area contributed by atoms with E-state index in [9.17, 15) is 13.9 Å². The Labute approximate surface area is 209 Å². The van der Waals surface area contributed by atoms with E-state index in [1.807, 2.05) is 40.8 Å². The maximum Gasteiger partial charge on any atom is 0.161 e. The third kappa shape index (κ3) is 6.93. The number of rotatable bonds is 10. The lowest BCUT2D eigenvalue weighted by Gasteiger charge is -2.30. The van der Waals surface area contributed by atoms with Gasteiger partial charge in [0, 0.05) is 50.2 Å². The summed E-state index contributed by atoms with van der Waals surface area (Å²) >= 11 is 0. The number of nitrogens with zero attached hydrogens (tertiary/aromatic N) is 3. The zero-order chi connectivity index (χ0) is 25.5. The van der Waals surface area contributed by atoms with Gasteiger partial charge in [0.15, 0.2) is 11.5 Å². The summed E-state index contributed by atoms with van der Waals surface area (Å²) < 4.78 is 51.5. The van der Waals surface area contributed by atoms with Crippen LogP contribution in [-0.2, 0) is 17.8 Å². The smallest absolute Gasteiger partial charge is 0.161 e. The van der Waals surface area contributed by atoms with E-state index in [0.29, 0.717) is 44.3 Å². The fraction of sp³-hybridized carbons (Fsp3) is 0.423. The van der Waals surface area contributed by atoms with Gasteiger partial charge in [-0.2, -0.15) is 0 Å². The minimum Gasteiger partial charge on any atom is -0.493 e. The van der Waals surface area contributed by atoms with Gasteiger partial charge in [-0.15, -0.1) is 0 Å². The number of benzene rings is 2. The van der Waals surface area contributed by atoms with E-state index >= 15 is 0 Å². The summed E-state index contributed by atoms with van der Waals surface area (Å²) in [6, 6.07) is 8.66. The lowest BCUT2D eigenvalue weighted by atomic mass is 10.1. The van der Waals surface area contributed by atoms with Gasteiger partial charge >= 0.3 is 0 Å². The quantitative estimate of drug-likeness (QED) is 0.455. The average molecular weight is 504 g/mol. The van der Waals surface area contributed by atoms with Crippen LogP contribution in [0.1, 0.15) is 11.4 Å². The van der Waals surface area contributed by atoms with E-state index in [-0.39, 0.29) is 25.5 Å². The van der Waals surface area contributed by atoms with Gasteiger partial charge in [0.05, 0.1) is 26.9 Å². The molecule has 2 heterocycles. The first-order valence-electron chi connectivity index (χ1n) is 11.7. The highest BCUT2D eigenvalue weighted by molar-refractivity contribution is 5.43. The Morgan fingerprint density at radius 1 is 1.11 bits per heavy atom. The fourth-order valence-corrected chi connectivity index (χ4v) is 4.13. The lowest BCUT2D eigenvalue weighted by Crippen LogP contribution is -2.48. The van der Waals surface area contributed by atoms with Gasteiger partial charge in [-0.05, 0) is 24.6 Å². The normalized spacial score (nSPS) is 18.6. The van der Waals surface area contributed by atoms with Crippen LogP contribution in [0, 0.1) is 18.6 Å². The maximum atomic E-state index is 13.5. The van der Waals surface area contributed by atoms with Crippen molar-refractivity contribution in [2.45, 2.75) is 25.6 Å². The molecule has 4 rings (SSSR count). The van der Waals surface area contributed by atoms with Crippen LogP contribution in [0.2, 0.25) is 0 Å². The van der Waals surface area contributed by atoms with Crippen molar-refractivity contribution in [3.05, 3.63) is 71.8 Å². The number of imidazole rings is 1. The molecule has 1 aliphatic heterocycles. The Balaban J connectivity index is 1.36. The second kappa shape index (κ2) is 11.7. The van der Waals surface area contributed by atoms with Gasteiger partial charge in [-0.25, -0.2) is 13.8 Å². The fourth-order valence-electron chi connectivity index (χ4n) is 4.13. The number of ether oxygens (including phenoxy) is 4. The minimum atomic E-state index is -1.35. The molecule has 0 radical (unpaired) electrons. The van der Waals surface area contributed by atoms with Gasteiger partial charge in [0.25, 0.3) is 0 Å². The van der Waals surface area contributed by atoms with Gasteiger partial charge in [-0.1, -0.05) is 6.07 Å². The van der Waals surface area contributed by atoms with Crippen molar-refractivity contribution in [1.82, 2.24) is 14.5 Å². The van der Waals surface area contributed by atoms with Crippen molar-refractivity contribution in [1.29, 1.82) is 0 Å². The number of methoxy groups -OCH3 is 1. The van der Waals surface area contributed by atoms with Crippen molar-refractivity contribution in [2.75, 3.05) is 46.6 Å². The number of hydrogen-bond donors (Lipinski definition) is 1. The average Bonchev–Trinajstić information content (AvgIpc) is 3.15. The first-order valence-corrected chi connectivity index (χ1v) is 11.7. The zero-order valence-electron chi connectivity index (χ0n) is 20.5. The predicted molar refractivity (Wildman–Crippen MR) is 128 cm³/mol. The Kier molecular flexibility index (Phi) is 8.40. The highest BCUT2D eigenvalue weighted by Gasteiger charge is 2.33. The molecule has 0 spiro atoms. The van der Waals surface area contributed by atoms with Gasteiger partial charge in [-0.3, -0.25) is 4.90 Å². The van der Waals surface area contributed by atoms with Crippen LogP contribution in [0.3, 0.4) is 0 Å². The highest BCUT2D eigenvalue weighted by atomic mass is 19.1. The molecule has 1 aliphatic rings. The molecular formula is C26H31F2N3O5. The Hall–Kier alpha value is -3.21. The van der Waals surface area contributed by atoms with E-state index < -0.39 is 17.2 Å². The van der Waals surface area contributed by atoms with Crippen LogP contribution >= 0.6 is 0 Å². The Morgan fingerprint density at radius 3 is 2.64 bits per heavy atom. The second-order valence-electron chi connectivity index (χ2n) is 8.88. The number of aliphatic hydroxyl groups is 1. The van der Waals surface area contributed by atoms with Gasteiger partial charge in [0.1, 0.15) is 42.0 Å². The molecule has 1 N–H and O–H groups in total. The molecular weight excluding hydrogens is 472 g/mol. The molecule has 0 aliphatic carbocycles. The summed E-state index contributed by atoms with van der Waals surface area (Å²) in [5.74, 6) is 0.719. The summed E-state index contributed by atoms with van der Waals surface area (Å²) in [5.41, 5.74) is -0.375. The number of halogens is 2. The number of hydrogen-bond acceptors (Lipinski definition) is 7. The van der Waals surface area contributed by atoms with E-state index in [0.717, 1.165) is 29.6 Å².